The van der Waals surface area contributed by atoms with E-state index in [0.29, 0.717) is 35.8 Å². The highest BCUT2D eigenvalue weighted by Crippen LogP contribution is 2.24. The summed E-state index contributed by atoms with van der Waals surface area (Å²) in [5.74, 6) is -0.0108. The highest BCUT2D eigenvalue weighted by Gasteiger charge is 2.28. The molecule has 0 radical (unpaired) electrons. The van der Waals surface area contributed by atoms with Crippen LogP contribution in [0.1, 0.15) is 35.7 Å². The van der Waals surface area contributed by atoms with Crippen molar-refractivity contribution in [2.45, 2.75) is 24.7 Å². The Bertz CT molecular complexity index is 978. The lowest BCUT2D eigenvalue weighted by Gasteiger charge is -2.30. The van der Waals surface area contributed by atoms with Crippen molar-refractivity contribution in [3.8, 4) is 6.07 Å². The lowest BCUT2D eigenvalue weighted by Crippen LogP contribution is -2.39. The number of hydrogen-bond acceptors (Lipinski definition) is 4. The third-order valence-electron chi connectivity index (χ3n) is 4.62. The quantitative estimate of drug-likeness (QED) is 0.878. The topological polar surface area (TPSA) is 90.3 Å². The Morgan fingerprint density at radius 2 is 1.96 bits per heavy atom. The molecule has 1 atom stereocenters. The summed E-state index contributed by atoms with van der Waals surface area (Å²) < 4.78 is 27.1. The van der Waals surface area contributed by atoms with Crippen LogP contribution in [0, 0.1) is 17.2 Å². The maximum Gasteiger partial charge on any atom is 0.255 e. The Labute approximate surface area is 159 Å². The molecule has 1 N–H and O–H groups in total. The number of nitrogens with one attached hydrogen (secondary N) is 1. The van der Waals surface area contributed by atoms with Gasteiger partial charge in [-0.25, -0.2) is 8.42 Å². The van der Waals surface area contributed by atoms with Gasteiger partial charge >= 0.3 is 0 Å². The molecule has 140 valence electrons. The van der Waals surface area contributed by atoms with E-state index in [2.05, 4.69) is 12.2 Å². The van der Waals surface area contributed by atoms with Crippen LogP contribution in [0.15, 0.2) is 53.4 Å². The summed E-state index contributed by atoms with van der Waals surface area (Å²) in [5.41, 5.74) is 1.31. The number of benzene rings is 2. The number of nitriles is 1. The highest BCUT2D eigenvalue weighted by molar-refractivity contribution is 7.89. The fourth-order valence-electron chi connectivity index (χ4n) is 3.16. The van der Waals surface area contributed by atoms with E-state index in [-0.39, 0.29) is 10.8 Å². The molecular weight excluding hydrogens is 362 g/mol. The normalized spacial score (nSPS) is 17.9. The summed E-state index contributed by atoms with van der Waals surface area (Å²) in [7, 11) is -3.54. The Hall–Kier alpha value is -2.69. The Morgan fingerprint density at radius 3 is 2.63 bits per heavy atom. The van der Waals surface area contributed by atoms with Gasteiger partial charge < -0.3 is 5.32 Å². The highest BCUT2D eigenvalue weighted by atomic mass is 32.2. The second kappa shape index (κ2) is 7.91. The molecule has 6 nitrogen and oxygen atoms in total. The van der Waals surface area contributed by atoms with Crippen molar-refractivity contribution < 1.29 is 13.2 Å². The minimum atomic E-state index is -3.54. The van der Waals surface area contributed by atoms with Gasteiger partial charge in [-0.15, -0.1) is 0 Å². The molecule has 1 fully saturated rings. The van der Waals surface area contributed by atoms with Crippen LogP contribution < -0.4 is 5.32 Å². The monoisotopic (exact) mass is 383 g/mol. The molecule has 1 amide bonds. The molecule has 0 spiro atoms. The van der Waals surface area contributed by atoms with Crippen molar-refractivity contribution in [2.75, 3.05) is 18.4 Å². The molecule has 1 unspecified atom stereocenters. The minimum Gasteiger partial charge on any atom is -0.322 e. The zero-order valence-electron chi connectivity index (χ0n) is 15.1. The lowest BCUT2D eigenvalue weighted by atomic mass is 10.0. The van der Waals surface area contributed by atoms with Gasteiger partial charge in [0.15, 0.2) is 0 Å². The van der Waals surface area contributed by atoms with Gasteiger partial charge in [0, 0.05) is 24.3 Å². The van der Waals surface area contributed by atoms with E-state index in [9.17, 15) is 13.2 Å². The first-order valence-electron chi connectivity index (χ1n) is 8.82. The maximum atomic E-state index is 12.8. The van der Waals surface area contributed by atoms with Crippen LogP contribution in [0.4, 0.5) is 5.69 Å². The molecule has 2 aromatic rings. The van der Waals surface area contributed by atoms with Crippen LogP contribution in [-0.4, -0.2) is 31.7 Å². The zero-order valence-corrected chi connectivity index (χ0v) is 15.9. The van der Waals surface area contributed by atoms with Crippen molar-refractivity contribution in [3.05, 3.63) is 59.7 Å². The first-order chi connectivity index (χ1) is 12.9. The number of anilines is 1. The van der Waals surface area contributed by atoms with E-state index in [1.807, 2.05) is 6.07 Å². The van der Waals surface area contributed by atoms with Crippen molar-refractivity contribution >= 4 is 21.6 Å². The van der Waals surface area contributed by atoms with Gasteiger partial charge in [0.05, 0.1) is 16.5 Å². The number of carbonyl (C=O) groups excluding carboxylic acids is 1. The average molecular weight is 383 g/mol. The standard InChI is InChI=1S/C20H21N3O3S/c1-15-4-3-11-23(14-15)27(25,26)19-9-7-17(8-10-19)20(24)22-18-6-2-5-16(12-18)13-21/h2,5-10,12,15H,3-4,11,14H2,1H3,(H,22,24). The smallest absolute Gasteiger partial charge is 0.255 e. The van der Waals surface area contributed by atoms with Crippen LogP contribution in [0.3, 0.4) is 0 Å². The fourth-order valence-corrected chi connectivity index (χ4v) is 4.76. The van der Waals surface area contributed by atoms with Crippen LogP contribution in [0.25, 0.3) is 0 Å². The van der Waals surface area contributed by atoms with E-state index in [0.717, 1.165) is 12.8 Å². The van der Waals surface area contributed by atoms with E-state index in [1.54, 1.807) is 24.3 Å². The van der Waals surface area contributed by atoms with Crippen LogP contribution >= 0.6 is 0 Å². The number of nitrogens with zero attached hydrogens (tertiary/aromatic N) is 2. The molecule has 3 rings (SSSR count). The SMILES string of the molecule is CC1CCCN(S(=O)(=O)c2ccc(C(=O)Nc3cccc(C#N)c3)cc2)C1. The van der Waals surface area contributed by atoms with Crippen molar-refractivity contribution in [2.24, 2.45) is 5.92 Å². The number of rotatable bonds is 4. The molecule has 1 aliphatic heterocycles. The molecule has 0 aliphatic carbocycles. The summed E-state index contributed by atoms with van der Waals surface area (Å²) in [5, 5.41) is 11.6. The number of amides is 1. The molecule has 0 saturated carbocycles. The summed E-state index contributed by atoms with van der Waals surface area (Å²) >= 11 is 0. The lowest BCUT2D eigenvalue weighted by molar-refractivity contribution is 0.102. The Balaban J connectivity index is 1.74. The van der Waals surface area contributed by atoms with Gasteiger partial charge in [-0.1, -0.05) is 13.0 Å². The minimum absolute atomic E-state index is 0.194. The molecule has 1 aliphatic rings. The maximum absolute atomic E-state index is 12.8. The van der Waals surface area contributed by atoms with Gasteiger partial charge in [0.25, 0.3) is 5.91 Å². The summed E-state index contributed by atoms with van der Waals surface area (Å²) in [6, 6.07) is 14.6. The second-order valence-electron chi connectivity index (χ2n) is 6.78. The van der Waals surface area contributed by atoms with Crippen LogP contribution in [-0.2, 0) is 10.0 Å². The third-order valence-corrected chi connectivity index (χ3v) is 6.50. The number of carbonyl (C=O) groups is 1. The average Bonchev–Trinajstić information content (AvgIpc) is 2.68. The zero-order chi connectivity index (χ0) is 19.4. The van der Waals surface area contributed by atoms with E-state index in [1.165, 1.54) is 28.6 Å². The molecule has 0 aromatic heterocycles. The fraction of sp³-hybridized carbons (Fsp3) is 0.300. The predicted octanol–water partition coefficient (Wildman–Crippen LogP) is 3.23. The number of sulfonamides is 1. The molecule has 0 bridgehead atoms. The molecule has 1 saturated heterocycles. The van der Waals surface area contributed by atoms with Gasteiger partial charge in [0.2, 0.25) is 10.0 Å². The summed E-state index contributed by atoms with van der Waals surface area (Å²) in [6.07, 6.45) is 1.90. The first-order valence-corrected chi connectivity index (χ1v) is 10.3. The Morgan fingerprint density at radius 1 is 1.22 bits per heavy atom. The Kier molecular flexibility index (Phi) is 5.59. The van der Waals surface area contributed by atoms with Crippen molar-refractivity contribution in [3.63, 3.8) is 0 Å². The van der Waals surface area contributed by atoms with E-state index < -0.39 is 10.0 Å². The van der Waals surface area contributed by atoms with Gasteiger partial charge in [-0.3, -0.25) is 4.79 Å². The molecule has 27 heavy (non-hydrogen) atoms. The van der Waals surface area contributed by atoms with Crippen molar-refractivity contribution in [1.29, 1.82) is 5.26 Å². The van der Waals surface area contributed by atoms with E-state index in [4.69, 9.17) is 5.26 Å². The van der Waals surface area contributed by atoms with Crippen molar-refractivity contribution in [1.82, 2.24) is 4.31 Å². The second-order valence-corrected chi connectivity index (χ2v) is 8.72. The van der Waals surface area contributed by atoms with Gasteiger partial charge in [-0.05, 0) is 61.2 Å². The van der Waals surface area contributed by atoms with Crippen LogP contribution in [0.5, 0.6) is 0 Å². The summed E-state index contributed by atoms with van der Waals surface area (Å²) in [4.78, 5) is 12.6. The molecular formula is C20H21N3O3S. The first kappa shape index (κ1) is 19.1. The van der Waals surface area contributed by atoms with Gasteiger partial charge in [-0.2, -0.15) is 9.57 Å². The largest absolute Gasteiger partial charge is 0.322 e. The van der Waals surface area contributed by atoms with Crippen LogP contribution in [0.2, 0.25) is 0 Å². The molecule has 1 heterocycles. The summed E-state index contributed by atoms with van der Waals surface area (Å²) in [6.45, 7) is 3.11. The van der Waals surface area contributed by atoms with E-state index >= 15 is 0 Å². The number of hydrogen-bond donors (Lipinski definition) is 1. The predicted molar refractivity (Wildman–Crippen MR) is 103 cm³/mol. The number of piperidine rings is 1. The molecule has 2 aromatic carbocycles. The van der Waals surface area contributed by atoms with Gasteiger partial charge in [0.1, 0.15) is 0 Å². The third kappa shape index (κ3) is 4.35. The molecule has 7 heteroatoms.